The van der Waals surface area contributed by atoms with Crippen LogP contribution in [0.25, 0.3) is 0 Å². The Bertz CT molecular complexity index is 781. The number of nitrogens with one attached hydrogen (secondary N) is 1. The highest BCUT2D eigenvalue weighted by molar-refractivity contribution is 14.1. The van der Waals surface area contributed by atoms with Gasteiger partial charge in [-0.05, 0) is 52.9 Å². The SMILES string of the molecule is O=C(COc1ccc(I)cc1)N/N=C\c1ccc(Cl)c([N+](=O)[O-])c1. The standard InChI is InChI=1S/C15H11ClIN3O4/c16-13-6-1-10(7-14(13)20(22)23)8-18-19-15(21)9-24-12-4-2-11(17)3-5-12/h1-8H,9H2,(H,19,21)/b18-8-. The molecule has 0 aromatic heterocycles. The van der Waals surface area contributed by atoms with E-state index in [-0.39, 0.29) is 17.3 Å². The van der Waals surface area contributed by atoms with Crippen LogP contribution in [-0.2, 0) is 4.79 Å². The largest absolute Gasteiger partial charge is 0.484 e. The Morgan fingerprint density at radius 3 is 2.71 bits per heavy atom. The first kappa shape index (κ1) is 18.1. The van der Waals surface area contributed by atoms with Crippen LogP contribution in [0.2, 0.25) is 5.02 Å². The van der Waals surface area contributed by atoms with E-state index in [9.17, 15) is 14.9 Å². The smallest absolute Gasteiger partial charge is 0.288 e. The van der Waals surface area contributed by atoms with Crippen LogP contribution in [0.3, 0.4) is 0 Å². The molecule has 2 rings (SSSR count). The number of nitro benzene ring substituents is 1. The fourth-order valence-electron chi connectivity index (χ4n) is 1.64. The molecule has 0 aliphatic heterocycles. The molecule has 0 fully saturated rings. The van der Waals surface area contributed by atoms with Gasteiger partial charge in [-0.3, -0.25) is 14.9 Å². The van der Waals surface area contributed by atoms with Gasteiger partial charge in [-0.1, -0.05) is 17.7 Å². The van der Waals surface area contributed by atoms with Gasteiger partial charge in [-0.15, -0.1) is 0 Å². The summed E-state index contributed by atoms with van der Waals surface area (Å²) < 4.78 is 6.36. The highest BCUT2D eigenvalue weighted by Crippen LogP contribution is 2.24. The zero-order valence-corrected chi connectivity index (χ0v) is 15.0. The summed E-state index contributed by atoms with van der Waals surface area (Å²) in [4.78, 5) is 21.8. The molecule has 0 radical (unpaired) electrons. The van der Waals surface area contributed by atoms with Crippen molar-refractivity contribution in [3.63, 3.8) is 0 Å². The van der Waals surface area contributed by atoms with E-state index in [1.165, 1.54) is 18.3 Å². The van der Waals surface area contributed by atoms with Crippen LogP contribution in [0.4, 0.5) is 5.69 Å². The summed E-state index contributed by atoms with van der Waals surface area (Å²) in [6.45, 7) is -0.196. The van der Waals surface area contributed by atoms with Gasteiger partial charge in [-0.25, -0.2) is 5.43 Å². The summed E-state index contributed by atoms with van der Waals surface area (Å²) in [5, 5.41) is 14.5. The fourth-order valence-corrected chi connectivity index (χ4v) is 2.19. The van der Waals surface area contributed by atoms with Crippen molar-refractivity contribution in [3.8, 4) is 5.75 Å². The fraction of sp³-hybridized carbons (Fsp3) is 0.0667. The molecule has 0 heterocycles. The van der Waals surface area contributed by atoms with Gasteiger partial charge in [0.25, 0.3) is 11.6 Å². The number of carbonyl (C=O) groups excluding carboxylic acids is 1. The summed E-state index contributed by atoms with van der Waals surface area (Å²) in [5.41, 5.74) is 2.48. The Balaban J connectivity index is 1.87. The number of rotatable bonds is 6. The predicted octanol–water partition coefficient (Wildman–Crippen LogP) is 3.38. The summed E-state index contributed by atoms with van der Waals surface area (Å²) in [7, 11) is 0. The lowest BCUT2D eigenvalue weighted by atomic mass is 10.2. The van der Waals surface area contributed by atoms with Gasteiger partial charge >= 0.3 is 0 Å². The third-order valence-corrected chi connectivity index (χ3v) is 3.79. The van der Waals surface area contributed by atoms with Gasteiger partial charge in [0.2, 0.25) is 0 Å². The third kappa shape index (κ3) is 5.46. The van der Waals surface area contributed by atoms with Gasteiger partial charge in [0.15, 0.2) is 6.61 Å². The maximum Gasteiger partial charge on any atom is 0.288 e. The first-order chi connectivity index (χ1) is 11.5. The van der Waals surface area contributed by atoms with E-state index in [2.05, 4.69) is 33.1 Å². The minimum absolute atomic E-state index is 0.0344. The molecule has 0 spiro atoms. The summed E-state index contributed by atoms with van der Waals surface area (Å²) in [6.07, 6.45) is 1.28. The Hall–Kier alpha value is -2.20. The van der Waals surface area contributed by atoms with E-state index >= 15 is 0 Å². The quantitative estimate of drug-likeness (QED) is 0.310. The molecule has 0 saturated carbocycles. The van der Waals surface area contributed by atoms with Crippen LogP contribution < -0.4 is 10.2 Å². The molecule has 2 aromatic carbocycles. The molecule has 1 N–H and O–H groups in total. The Labute approximate surface area is 155 Å². The van der Waals surface area contributed by atoms with E-state index in [0.717, 1.165) is 3.57 Å². The Kier molecular flexibility index (Phi) is 6.50. The Morgan fingerprint density at radius 1 is 1.33 bits per heavy atom. The highest BCUT2D eigenvalue weighted by atomic mass is 127. The maximum atomic E-state index is 11.6. The molecule has 1 amide bonds. The van der Waals surface area contributed by atoms with Crippen molar-refractivity contribution >= 4 is 52.0 Å². The van der Waals surface area contributed by atoms with Gasteiger partial charge in [0, 0.05) is 15.2 Å². The van der Waals surface area contributed by atoms with Gasteiger partial charge in [0.05, 0.1) is 11.1 Å². The third-order valence-electron chi connectivity index (χ3n) is 2.75. The number of ether oxygens (including phenoxy) is 1. The second-order valence-corrected chi connectivity index (χ2v) is 6.16. The van der Waals surface area contributed by atoms with E-state index in [1.807, 2.05) is 12.1 Å². The summed E-state index contributed by atoms with van der Waals surface area (Å²) >= 11 is 7.88. The monoisotopic (exact) mass is 459 g/mol. The minimum atomic E-state index is -0.590. The molecular weight excluding hydrogens is 449 g/mol. The van der Waals surface area contributed by atoms with Crippen molar-refractivity contribution in [2.45, 2.75) is 0 Å². The number of hydrogen-bond donors (Lipinski definition) is 1. The molecule has 0 saturated heterocycles. The van der Waals surface area contributed by atoms with Crippen molar-refractivity contribution in [3.05, 3.63) is 66.7 Å². The van der Waals surface area contributed by atoms with Crippen LogP contribution in [0.5, 0.6) is 5.75 Å². The average molecular weight is 460 g/mol. The number of carbonyl (C=O) groups is 1. The van der Waals surface area contributed by atoms with Crippen molar-refractivity contribution < 1.29 is 14.5 Å². The lowest BCUT2D eigenvalue weighted by molar-refractivity contribution is -0.384. The summed E-state index contributed by atoms with van der Waals surface area (Å²) in [6, 6.07) is 11.4. The minimum Gasteiger partial charge on any atom is -0.484 e. The molecule has 2 aromatic rings. The van der Waals surface area contributed by atoms with Crippen molar-refractivity contribution in [1.29, 1.82) is 0 Å². The predicted molar refractivity (Wildman–Crippen MR) is 98.5 cm³/mol. The maximum absolute atomic E-state index is 11.6. The molecule has 9 heteroatoms. The van der Waals surface area contributed by atoms with Crippen LogP contribution in [0.1, 0.15) is 5.56 Å². The number of benzene rings is 2. The van der Waals surface area contributed by atoms with Crippen molar-refractivity contribution in [1.82, 2.24) is 5.43 Å². The number of halogens is 2. The van der Waals surface area contributed by atoms with Gasteiger partial charge < -0.3 is 4.74 Å². The molecule has 0 aliphatic carbocycles. The van der Waals surface area contributed by atoms with Gasteiger partial charge in [-0.2, -0.15) is 5.10 Å². The van der Waals surface area contributed by atoms with Crippen LogP contribution in [-0.4, -0.2) is 23.7 Å². The second-order valence-electron chi connectivity index (χ2n) is 4.50. The first-order valence-electron chi connectivity index (χ1n) is 6.60. The van der Waals surface area contributed by atoms with Gasteiger partial charge in [0.1, 0.15) is 10.8 Å². The van der Waals surface area contributed by atoms with E-state index < -0.39 is 10.8 Å². The average Bonchev–Trinajstić information content (AvgIpc) is 2.55. The van der Waals surface area contributed by atoms with E-state index in [4.69, 9.17) is 16.3 Å². The number of hydrazone groups is 1. The van der Waals surface area contributed by atoms with Crippen molar-refractivity contribution in [2.75, 3.05) is 6.61 Å². The lowest BCUT2D eigenvalue weighted by Crippen LogP contribution is -2.24. The Morgan fingerprint density at radius 2 is 2.04 bits per heavy atom. The first-order valence-corrected chi connectivity index (χ1v) is 8.05. The van der Waals surface area contributed by atoms with Crippen LogP contribution in [0.15, 0.2) is 47.6 Å². The van der Waals surface area contributed by atoms with Crippen LogP contribution in [0, 0.1) is 13.7 Å². The number of nitro groups is 1. The normalized spacial score (nSPS) is 10.6. The number of hydrogen-bond acceptors (Lipinski definition) is 5. The zero-order chi connectivity index (χ0) is 17.5. The van der Waals surface area contributed by atoms with E-state index in [0.29, 0.717) is 11.3 Å². The van der Waals surface area contributed by atoms with Crippen LogP contribution >= 0.6 is 34.2 Å². The summed E-state index contributed by atoms with van der Waals surface area (Å²) in [5.74, 6) is 0.121. The molecule has 0 atom stereocenters. The number of nitrogens with zero attached hydrogens (tertiary/aromatic N) is 2. The zero-order valence-electron chi connectivity index (χ0n) is 12.1. The number of amides is 1. The molecule has 7 nitrogen and oxygen atoms in total. The molecule has 124 valence electrons. The second kappa shape index (κ2) is 8.60. The molecule has 0 unspecified atom stereocenters. The lowest BCUT2D eigenvalue weighted by Gasteiger charge is -2.04. The topological polar surface area (TPSA) is 93.8 Å². The van der Waals surface area contributed by atoms with Crippen molar-refractivity contribution in [2.24, 2.45) is 5.10 Å². The molecule has 0 bridgehead atoms. The molecular formula is C15H11ClIN3O4. The highest BCUT2D eigenvalue weighted by Gasteiger charge is 2.11. The molecule has 0 aliphatic rings. The van der Waals surface area contributed by atoms with E-state index in [1.54, 1.807) is 18.2 Å². The molecule has 24 heavy (non-hydrogen) atoms.